The van der Waals surface area contributed by atoms with Crippen LogP contribution < -0.4 is 0 Å². The molecule has 0 bridgehead atoms. The number of nitrogens with zero attached hydrogens (tertiary/aromatic N) is 1. The van der Waals surface area contributed by atoms with Gasteiger partial charge in [0.25, 0.3) is 0 Å². The van der Waals surface area contributed by atoms with E-state index in [4.69, 9.17) is 4.18 Å². The van der Waals surface area contributed by atoms with E-state index in [0.717, 1.165) is 22.6 Å². The van der Waals surface area contributed by atoms with Crippen LogP contribution in [0.2, 0.25) is 0 Å². The average Bonchev–Trinajstić information content (AvgIpc) is 2.49. The highest BCUT2D eigenvalue weighted by Crippen LogP contribution is 2.50. The van der Waals surface area contributed by atoms with Crippen molar-refractivity contribution in [2.75, 3.05) is 6.61 Å². The smallest absolute Gasteiger partial charge is 0.0967 e. The highest BCUT2D eigenvalue weighted by molar-refractivity contribution is 8.17. The van der Waals surface area contributed by atoms with Crippen molar-refractivity contribution in [2.24, 2.45) is 0 Å². The third-order valence-electron chi connectivity index (χ3n) is 2.88. The summed E-state index contributed by atoms with van der Waals surface area (Å²) in [7, 11) is -2.37. The summed E-state index contributed by atoms with van der Waals surface area (Å²) in [5.74, 6) is 0. The van der Waals surface area contributed by atoms with Gasteiger partial charge in [0.05, 0.1) is 26.3 Å². The number of rotatable bonds is 3. The molecule has 0 aromatic heterocycles. The van der Waals surface area contributed by atoms with E-state index < -0.39 is 9.94 Å². The van der Waals surface area contributed by atoms with Crippen LogP contribution in [-0.2, 0) is 4.18 Å². The van der Waals surface area contributed by atoms with Crippen LogP contribution in [0.1, 0.15) is 19.8 Å². The molecule has 2 aromatic rings. The monoisotopic (exact) mass is 273 g/mol. The Kier molecular flexibility index (Phi) is 4.80. The van der Waals surface area contributed by atoms with Crippen molar-refractivity contribution in [2.45, 2.75) is 29.6 Å². The van der Waals surface area contributed by atoms with Gasteiger partial charge < -0.3 is 0 Å². The van der Waals surface area contributed by atoms with Gasteiger partial charge in [-0.05, 0) is 30.7 Å². The van der Waals surface area contributed by atoms with Crippen molar-refractivity contribution in [1.82, 2.24) is 0 Å². The molecule has 0 aliphatic carbocycles. The van der Waals surface area contributed by atoms with Crippen LogP contribution in [0, 0.1) is 4.61 Å². The molecule has 0 fully saturated rings. The fraction of sp³-hybridized carbons (Fsp3) is 0.250. The highest BCUT2D eigenvalue weighted by Gasteiger charge is 2.20. The van der Waals surface area contributed by atoms with E-state index in [9.17, 15) is 4.61 Å². The summed E-state index contributed by atoms with van der Waals surface area (Å²) >= 11 is 0. The summed E-state index contributed by atoms with van der Waals surface area (Å²) in [6, 6.07) is 19.3. The Hall–Kier alpha value is -1.54. The van der Waals surface area contributed by atoms with Crippen LogP contribution >= 0.6 is 9.94 Å². The van der Waals surface area contributed by atoms with Gasteiger partial charge in [-0.25, -0.2) is 0 Å². The fourth-order valence-electron chi connectivity index (χ4n) is 1.81. The molecular weight excluding hydrogens is 254 g/mol. The van der Waals surface area contributed by atoms with Crippen molar-refractivity contribution in [3.8, 4) is 0 Å². The minimum atomic E-state index is -2.37. The first-order chi connectivity index (χ1) is 9.27. The molecule has 0 aliphatic heterocycles. The normalized spacial score (nSPS) is 11.4. The van der Waals surface area contributed by atoms with E-state index in [1.54, 1.807) is 0 Å². The van der Waals surface area contributed by atoms with Gasteiger partial charge in [0.15, 0.2) is 0 Å². The van der Waals surface area contributed by atoms with Crippen molar-refractivity contribution in [3.63, 3.8) is 0 Å². The zero-order valence-electron chi connectivity index (χ0n) is 11.2. The maximum absolute atomic E-state index is 11.0. The molecule has 0 radical (unpaired) electrons. The first kappa shape index (κ1) is 13.9. The van der Waals surface area contributed by atoms with E-state index in [0.29, 0.717) is 6.61 Å². The maximum Gasteiger partial charge on any atom is 0.0967 e. The molecule has 2 rings (SSSR count). The molecule has 3 heteroatoms. The Labute approximate surface area is 116 Å². The van der Waals surface area contributed by atoms with Gasteiger partial charge in [-0.15, -0.1) is 0 Å². The minimum absolute atomic E-state index is 0.576. The second-order valence-corrected chi connectivity index (χ2v) is 6.56. The standard InChI is InChI=1S/C16H19NOS/c1-2-3-14-18-19(17,15-10-6-4-7-11-15)16-12-8-5-9-13-16/h4-13H,2-3,14H2,1H3. The molecule has 0 saturated carbocycles. The summed E-state index contributed by atoms with van der Waals surface area (Å²) < 4.78 is 16.9. The first-order valence-corrected chi connectivity index (χ1v) is 8.09. The second-order valence-electron chi connectivity index (χ2n) is 4.33. The van der Waals surface area contributed by atoms with Crippen molar-refractivity contribution < 1.29 is 4.18 Å². The lowest BCUT2D eigenvalue weighted by Gasteiger charge is -2.20. The molecule has 0 unspecified atom stereocenters. The van der Waals surface area contributed by atoms with Gasteiger partial charge in [-0.1, -0.05) is 49.7 Å². The predicted molar refractivity (Wildman–Crippen MR) is 79.6 cm³/mol. The number of hydrogen-bond donors (Lipinski definition) is 0. The van der Waals surface area contributed by atoms with E-state index in [1.165, 1.54) is 0 Å². The summed E-state index contributed by atoms with van der Waals surface area (Å²) in [5.41, 5.74) is 0. The molecule has 19 heavy (non-hydrogen) atoms. The zero-order chi connectivity index (χ0) is 13.6. The van der Waals surface area contributed by atoms with Gasteiger partial charge in [-0.3, -0.25) is 4.18 Å². The lowest BCUT2D eigenvalue weighted by Crippen LogP contribution is -1.97. The van der Waals surface area contributed by atoms with E-state index in [-0.39, 0.29) is 0 Å². The molecule has 0 heterocycles. The summed E-state index contributed by atoms with van der Waals surface area (Å²) in [4.78, 5) is 1.69. The van der Waals surface area contributed by atoms with Gasteiger partial charge in [0.2, 0.25) is 0 Å². The molecule has 0 aliphatic rings. The SMILES string of the molecule is CCCCOS(#N)(c1ccccc1)c1ccccc1. The van der Waals surface area contributed by atoms with Crippen molar-refractivity contribution in [1.29, 1.82) is 4.61 Å². The van der Waals surface area contributed by atoms with Crippen molar-refractivity contribution in [3.05, 3.63) is 60.7 Å². The molecule has 0 amide bonds. The van der Waals surface area contributed by atoms with E-state index in [1.807, 2.05) is 60.7 Å². The fourth-order valence-corrected chi connectivity index (χ4v) is 3.76. The van der Waals surface area contributed by atoms with E-state index in [2.05, 4.69) is 6.92 Å². The summed E-state index contributed by atoms with van der Waals surface area (Å²) in [6.07, 6.45) is 2.01. The topological polar surface area (TPSA) is 33.0 Å². The number of benzene rings is 2. The summed E-state index contributed by atoms with van der Waals surface area (Å²) in [5, 5.41) is 0. The van der Waals surface area contributed by atoms with Crippen molar-refractivity contribution >= 4 is 9.94 Å². The lowest BCUT2D eigenvalue weighted by molar-refractivity contribution is 0.350. The van der Waals surface area contributed by atoms with E-state index >= 15 is 0 Å². The molecule has 0 saturated heterocycles. The van der Waals surface area contributed by atoms with Gasteiger partial charge in [-0.2, -0.15) is 4.61 Å². The molecular formula is C16H19NOS. The highest BCUT2D eigenvalue weighted by atomic mass is 32.2. The first-order valence-electron chi connectivity index (χ1n) is 6.57. The third-order valence-corrected chi connectivity index (χ3v) is 5.21. The van der Waals surface area contributed by atoms with Gasteiger partial charge >= 0.3 is 0 Å². The second kappa shape index (κ2) is 6.58. The number of unbranched alkanes of at least 4 members (excludes halogenated alkanes) is 1. The Bertz CT molecular complexity index is 553. The molecule has 100 valence electrons. The largest absolute Gasteiger partial charge is 0.298 e. The molecule has 2 nitrogen and oxygen atoms in total. The number of hydrogen-bond acceptors (Lipinski definition) is 2. The van der Waals surface area contributed by atoms with Crippen LogP contribution in [0.25, 0.3) is 0 Å². The molecule has 0 atom stereocenters. The van der Waals surface area contributed by atoms with Gasteiger partial charge in [0.1, 0.15) is 0 Å². The lowest BCUT2D eigenvalue weighted by atomic mass is 10.4. The van der Waals surface area contributed by atoms with Crippen LogP contribution in [0.5, 0.6) is 0 Å². The Balaban J connectivity index is 2.38. The molecule has 2 aromatic carbocycles. The molecule has 0 spiro atoms. The van der Waals surface area contributed by atoms with Crippen LogP contribution in [-0.4, -0.2) is 6.61 Å². The Morgan fingerprint density at radius 1 is 0.895 bits per heavy atom. The maximum atomic E-state index is 11.0. The van der Waals surface area contributed by atoms with Crippen LogP contribution in [0.4, 0.5) is 0 Å². The molecule has 0 N–H and O–H groups in total. The minimum Gasteiger partial charge on any atom is -0.298 e. The zero-order valence-corrected chi connectivity index (χ0v) is 12.0. The Morgan fingerprint density at radius 2 is 1.37 bits per heavy atom. The Morgan fingerprint density at radius 3 is 1.79 bits per heavy atom. The van der Waals surface area contributed by atoms with Crippen LogP contribution in [0.3, 0.4) is 0 Å². The average molecular weight is 273 g/mol. The predicted octanol–water partition coefficient (Wildman–Crippen LogP) is 5.12. The quantitative estimate of drug-likeness (QED) is 0.727. The summed E-state index contributed by atoms with van der Waals surface area (Å²) in [6.45, 7) is 2.69. The third kappa shape index (κ3) is 3.27. The van der Waals surface area contributed by atoms with Gasteiger partial charge in [0, 0.05) is 0 Å². The van der Waals surface area contributed by atoms with Crippen LogP contribution in [0.15, 0.2) is 70.5 Å².